The zero-order valence-corrected chi connectivity index (χ0v) is 11.5. The third-order valence-electron chi connectivity index (χ3n) is 2.95. The van der Waals surface area contributed by atoms with Crippen LogP contribution in [0, 0.1) is 17.0 Å². The van der Waals surface area contributed by atoms with E-state index in [1.165, 1.54) is 16.9 Å². The topological polar surface area (TPSA) is 110 Å². The summed E-state index contributed by atoms with van der Waals surface area (Å²) in [6.07, 6.45) is 2.96. The number of carboxylic acid groups (broad SMARTS) is 1. The normalized spacial score (nSPS) is 11.9. The van der Waals surface area contributed by atoms with Gasteiger partial charge in [-0.3, -0.25) is 14.8 Å². The fraction of sp³-hybridized carbons (Fsp3) is 0.231. The van der Waals surface area contributed by atoms with E-state index in [-0.39, 0.29) is 11.4 Å². The van der Waals surface area contributed by atoms with E-state index in [0.29, 0.717) is 5.56 Å². The van der Waals surface area contributed by atoms with Crippen LogP contribution in [0.15, 0.2) is 30.6 Å². The smallest absolute Gasteiger partial charge is 0.330 e. The molecule has 0 aliphatic carbocycles. The Labute approximate surface area is 120 Å². The van der Waals surface area contributed by atoms with Crippen molar-refractivity contribution in [3.63, 3.8) is 0 Å². The second kappa shape index (κ2) is 5.61. The monoisotopic (exact) mass is 290 g/mol. The molecule has 2 aromatic rings. The minimum atomic E-state index is -1.14. The summed E-state index contributed by atoms with van der Waals surface area (Å²) in [6.45, 7) is 1.77. The van der Waals surface area contributed by atoms with Crippen LogP contribution in [-0.2, 0) is 11.8 Å². The lowest BCUT2D eigenvalue weighted by atomic mass is 10.1. The largest absolute Gasteiger partial charge is 0.479 e. The minimum absolute atomic E-state index is 0.163. The van der Waals surface area contributed by atoms with E-state index in [4.69, 9.17) is 0 Å². The zero-order valence-electron chi connectivity index (χ0n) is 11.5. The van der Waals surface area contributed by atoms with Gasteiger partial charge in [-0.05, 0) is 18.6 Å². The molecule has 1 heterocycles. The number of hydrogen-bond donors (Lipinski definition) is 2. The highest BCUT2D eigenvalue weighted by atomic mass is 16.6. The van der Waals surface area contributed by atoms with Gasteiger partial charge in [0.2, 0.25) is 0 Å². The molecule has 8 nitrogen and oxygen atoms in total. The van der Waals surface area contributed by atoms with Crippen LogP contribution in [0.3, 0.4) is 0 Å². The molecule has 8 heteroatoms. The molecular formula is C13H14N4O4. The molecule has 1 unspecified atom stereocenters. The first-order valence-corrected chi connectivity index (χ1v) is 6.11. The summed E-state index contributed by atoms with van der Waals surface area (Å²) in [5.74, 6) is -1.14. The maximum absolute atomic E-state index is 11.4. The molecule has 21 heavy (non-hydrogen) atoms. The van der Waals surface area contributed by atoms with E-state index >= 15 is 0 Å². The van der Waals surface area contributed by atoms with Crippen molar-refractivity contribution < 1.29 is 14.8 Å². The number of benzene rings is 1. The van der Waals surface area contributed by atoms with Crippen LogP contribution in [0.25, 0.3) is 0 Å². The lowest BCUT2D eigenvalue weighted by Crippen LogP contribution is -2.20. The molecule has 2 rings (SSSR count). The Bertz CT molecular complexity index is 695. The highest BCUT2D eigenvalue weighted by molar-refractivity contribution is 5.80. The molecule has 0 amide bonds. The van der Waals surface area contributed by atoms with Gasteiger partial charge >= 0.3 is 5.97 Å². The van der Waals surface area contributed by atoms with Gasteiger partial charge < -0.3 is 10.4 Å². The SMILES string of the molecule is Cc1ccc([N+](=O)[O-])c(NC(C(=O)O)c2cnn(C)c2)c1. The highest BCUT2D eigenvalue weighted by Gasteiger charge is 2.24. The first kappa shape index (κ1) is 14.5. The van der Waals surface area contributed by atoms with Crippen molar-refractivity contribution in [1.29, 1.82) is 0 Å². The van der Waals surface area contributed by atoms with E-state index in [1.807, 2.05) is 0 Å². The van der Waals surface area contributed by atoms with Crippen LogP contribution in [0.1, 0.15) is 17.2 Å². The Kier molecular flexibility index (Phi) is 3.88. The maximum atomic E-state index is 11.4. The summed E-state index contributed by atoms with van der Waals surface area (Å²) in [4.78, 5) is 21.9. The van der Waals surface area contributed by atoms with Crippen LogP contribution < -0.4 is 5.32 Å². The third-order valence-corrected chi connectivity index (χ3v) is 2.95. The van der Waals surface area contributed by atoms with Crippen molar-refractivity contribution in [2.24, 2.45) is 7.05 Å². The molecule has 2 N–H and O–H groups in total. The number of nitrogens with one attached hydrogen (secondary N) is 1. The molecule has 0 saturated heterocycles. The second-order valence-electron chi connectivity index (χ2n) is 4.64. The van der Waals surface area contributed by atoms with Gasteiger partial charge in [-0.2, -0.15) is 5.10 Å². The molecule has 0 bridgehead atoms. The molecule has 0 aliphatic heterocycles. The van der Waals surface area contributed by atoms with E-state index in [9.17, 15) is 20.0 Å². The fourth-order valence-corrected chi connectivity index (χ4v) is 1.96. The van der Waals surface area contributed by atoms with Gasteiger partial charge in [-0.15, -0.1) is 0 Å². The molecule has 0 spiro atoms. The minimum Gasteiger partial charge on any atom is -0.479 e. The maximum Gasteiger partial charge on any atom is 0.330 e. The summed E-state index contributed by atoms with van der Waals surface area (Å²) in [7, 11) is 1.66. The first-order chi connectivity index (χ1) is 9.88. The number of rotatable bonds is 5. The first-order valence-electron chi connectivity index (χ1n) is 6.11. The Morgan fingerprint density at radius 2 is 2.24 bits per heavy atom. The lowest BCUT2D eigenvalue weighted by Gasteiger charge is -2.14. The van der Waals surface area contributed by atoms with Crippen molar-refractivity contribution in [3.8, 4) is 0 Å². The van der Waals surface area contributed by atoms with Gasteiger partial charge in [-0.25, -0.2) is 4.79 Å². The van der Waals surface area contributed by atoms with E-state index in [1.54, 1.807) is 32.3 Å². The van der Waals surface area contributed by atoms with Crippen LogP contribution in [0.4, 0.5) is 11.4 Å². The summed E-state index contributed by atoms with van der Waals surface area (Å²) >= 11 is 0. The van der Waals surface area contributed by atoms with Crippen molar-refractivity contribution in [3.05, 3.63) is 51.8 Å². The molecular weight excluding hydrogens is 276 g/mol. The fourth-order valence-electron chi connectivity index (χ4n) is 1.96. The summed E-state index contributed by atoms with van der Waals surface area (Å²) in [5, 5.41) is 27.0. The van der Waals surface area contributed by atoms with E-state index < -0.39 is 16.9 Å². The number of hydrogen-bond acceptors (Lipinski definition) is 5. The number of nitro groups is 1. The van der Waals surface area contributed by atoms with Crippen LogP contribution in [-0.4, -0.2) is 25.8 Å². The second-order valence-corrected chi connectivity index (χ2v) is 4.64. The predicted octanol–water partition coefficient (Wildman–Crippen LogP) is 1.87. The van der Waals surface area contributed by atoms with Crippen LogP contribution in [0.5, 0.6) is 0 Å². The molecule has 0 aliphatic rings. The van der Waals surface area contributed by atoms with Crippen LogP contribution >= 0.6 is 0 Å². The van der Waals surface area contributed by atoms with Gasteiger partial charge in [0, 0.05) is 24.9 Å². The molecule has 0 radical (unpaired) electrons. The zero-order chi connectivity index (χ0) is 15.6. The van der Waals surface area contributed by atoms with Gasteiger partial charge in [-0.1, -0.05) is 6.07 Å². The molecule has 1 aromatic carbocycles. The molecule has 110 valence electrons. The average Bonchev–Trinajstić information content (AvgIpc) is 2.81. The van der Waals surface area contributed by atoms with Gasteiger partial charge in [0.15, 0.2) is 6.04 Å². The van der Waals surface area contributed by atoms with Crippen molar-refractivity contribution in [2.75, 3.05) is 5.32 Å². The van der Waals surface area contributed by atoms with Crippen molar-refractivity contribution in [1.82, 2.24) is 9.78 Å². The average molecular weight is 290 g/mol. The molecule has 0 saturated carbocycles. The number of anilines is 1. The van der Waals surface area contributed by atoms with Crippen molar-refractivity contribution >= 4 is 17.3 Å². The number of aliphatic carboxylic acids is 1. The molecule has 1 aromatic heterocycles. The Balaban J connectivity index is 2.40. The Morgan fingerprint density at radius 1 is 1.52 bits per heavy atom. The predicted molar refractivity (Wildman–Crippen MR) is 75.0 cm³/mol. The van der Waals surface area contributed by atoms with Gasteiger partial charge in [0.05, 0.1) is 11.1 Å². The number of nitro benzene ring substituents is 1. The summed E-state index contributed by atoms with van der Waals surface area (Å²) in [5.41, 5.74) is 1.20. The standard InChI is InChI=1S/C13H14N4O4/c1-8-3-4-11(17(20)21)10(5-8)15-12(13(18)19)9-6-14-16(2)7-9/h3-7,12,15H,1-2H3,(H,18,19). The number of carboxylic acids is 1. The number of aryl methyl sites for hydroxylation is 2. The van der Waals surface area contributed by atoms with Gasteiger partial charge in [0.25, 0.3) is 5.69 Å². The van der Waals surface area contributed by atoms with E-state index in [2.05, 4.69) is 10.4 Å². The number of nitrogens with zero attached hydrogens (tertiary/aromatic N) is 3. The summed E-state index contributed by atoms with van der Waals surface area (Å²) in [6, 6.07) is 3.38. The number of carbonyl (C=O) groups is 1. The quantitative estimate of drug-likeness (QED) is 0.642. The van der Waals surface area contributed by atoms with Gasteiger partial charge in [0.1, 0.15) is 5.69 Å². The highest BCUT2D eigenvalue weighted by Crippen LogP contribution is 2.29. The lowest BCUT2D eigenvalue weighted by molar-refractivity contribution is -0.384. The van der Waals surface area contributed by atoms with Crippen LogP contribution in [0.2, 0.25) is 0 Å². The number of aromatic nitrogens is 2. The summed E-state index contributed by atoms with van der Waals surface area (Å²) < 4.78 is 1.47. The Hall–Kier alpha value is -2.90. The van der Waals surface area contributed by atoms with Crippen molar-refractivity contribution in [2.45, 2.75) is 13.0 Å². The van der Waals surface area contributed by atoms with E-state index in [0.717, 1.165) is 5.56 Å². The molecule has 1 atom stereocenters. The third kappa shape index (κ3) is 3.16. The Morgan fingerprint density at radius 3 is 2.76 bits per heavy atom. The molecule has 0 fully saturated rings.